The molecule has 0 radical (unpaired) electrons. The topological polar surface area (TPSA) is 34.1 Å². The van der Waals surface area contributed by atoms with Crippen molar-refractivity contribution in [2.45, 2.75) is 25.9 Å². The number of alkyl halides is 1. The molecule has 2 nitrogen and oxygen atoms in total. The molecule has 1 rings (SSSR count). The smallest absolute Gasteiger partial charge is 0.220 e. The van der Waals surface area contributed by atoms with Gasteiger partial charge in [0.25, 0.3) is 0 Å². The summed E-state index contributed by atoms with van der Waals surface area (Å²) in [5, 5.41) is 0.465. The number of halogens is 2. The molecule has 0 bridgehead atoms. The number of carbonyl (C=O) groups excluding carboxylic acids is 2. The van der Waals surface area contributed by atoms with E-state index < -0.39 is 17.7 Å². The van der Waals surface area contributed by atoms with Gasteiger partial charge in [-0.25, -0.2) is 4.39 Å². The van der Waals surface area contributed by atoms with Crippen molar-refractivity contribution in [3.05, 3.63) is 34.9 Å². The van der Waals surface area contributed by atoms with E-state index >= 15 is 0 Å². The van der Waals surface area contributed by atoms with Gasteiger partial charge in [-0.1, -0.05) is 18.5 Å². The monoisotopic (exact) mass is 242 g/mol. The average Bonchev–Trinajstić information content (AvgIpc) is 2.28. The number of Topliss-reactive ketones (excluding diaryl/α,β-unsaturated/α-hetero) is 2. The van der Waals surface area contributed by atoms with E-state index in [2.05, 4.69) is 0 Å². The Bertz CT molecular complexity index is 387. The Hall–Kier alpha value is -1.22. The maximum atomic E-state index is 13.4. The zero-order valence-electron chi connectivity index (χ0n) is 8.87. The van der Waals surface area contributed by atoms with Gasteiger partial charge in [0.2, 0.25) is 12.0 Å². The minimum absolute atomic E-state index is 0.0838. The standard InChI is InChI=1S/C12H12ClFO2/c1-2-3-10(15)11(14)12(16)8-4-6-9(13)7-5-8/h4-7,11H,2-3H2,1H3. The first-order valence-electron chi connectivity index (χ1n) is 5.02. The molecule has 0 spiro atoms. The van der Waals surface area contributed by atoms with Gasteiger partial charge in [-0.2, -0.15) is 0 Å². The van der Waals surface area contributed by atoms with Crippen molar-refractivity contribution in [2.75, 3.05) is 0 Å². The van der Waals surface area contributed by atoms with E-state index in [1.807, 2.05) is 0 Å². The van der Waals surface area contributed by atoms with Crippen LogP contribution in [0.5, 0.6) is 0 Å². The molecule has 1 aromatic rings. The SMILES string of the molecule is CCCC(=O)C(F)C(=O)c1ccc(Cl)cc1. The molecule has 1 atom stereocenters. The molecule has 1 aromatic carbocycles. The summed E-state index contributed by atoms with van der Waals surface area (Å²) in [6.45, 7) is 1.76. The van der Waals surface area contributed by atoms with E-state index in [1.54, 1.807) is 6.92 Å². The Kier molecular flexibility index (Phi) is 4.62. The van der Waals surface area contributed by atoms with E-state index in [0.29, 0.717) is 11.4 Å². The molecule has 1 unspecified atom stereocenters. The van der Waals surface area contributed by atoms with Gasteiger partial charge >= 0.3 is 0 Å². The molecule has 0 saturated heterocycles. The molecule has 4 heteroatoms. The summed E-state index contributed by atoms with van der Waals surface area (Å²) >= 11 is 5.64. The fourth-order valence-corrected chi connectivity index (χ4v) is 1.41. The van der Waals surface area contributed by atoms with Gasteiger partial charge in [0, 0.05) is 17.0 Å². The van der Waals surface area contributed by atoms with Crippen LogP contribution in [0.4, 0.5) is 4.39 Å². The van der Waals surface area contributed by atoms with Crippen LogP contribution in [-0.4, -0.2) is 17.7 Å². The Balaban J connectivity index is 2.78. The first kappa shape index (κ1) is 12.8. The summed E-state index contributed by atoms with van der Waals surface area (Å²) in [6, 6.07) is 5.81. The van der Waals surface area contributed by atoms with E-state index in [4.69, 9.17) is 11.6 Å². The second-order valence-electron chi connectivity index (χ2n) is 3.45. The quantitative estimate of drug-likeness (QED) is 0.587. The van der Waals surface area contributed by atoms with E-state index in [1.165, 1.54) is 24.3 Å². The Morgan fingerprint density at radius 2 is 1.88 bits per heavy atom. The van der Waals surface area contributed by atoms with Crippen LogP contribution >= 0.6 is 11.6 Å². The molecule has 0 aromatic heterocycles. The van der Waals surface area contributed by atoms with Crippen LogP contribution in [0.1, 0.15) is 30.1 Å². The minimum Gasteiger partial charge on any atom is -0.296 e. The summed E-state index contributed by atoms with van der Waals surface area (Å²) in [5.41, 5.74) is 0.168. The molecule has 0 amide bonds. The number of carbonyl (C=O) groups is 2. The van der Waals surface area contributed by atoms with Gasteiger partial charge < -0.3 is 0 Å². The Morgan fingerprint density at radius 3 is 2.38 bits per heavy atom. The zero-order chi connectivity index (χ0) is 12.1. The van der Waals surface area contributed by atoms with Crippen molar-refractivity contribution in [3.63, 3.8) is 0 Å². The number of benzene rings is 1. The van der Waals surface area contributed by atoms with Crippen LogP contribution in [0.25, 0.3) is 0 Å². The van der Waals surface area contributed by atoms with Gasteiger partial charge in [-0.15, -0.1) is 0 Å². The molecule has 0 N–H and O–H groups in total. The van der Waals surface area contributed by atoms with Gasteiger partial charge in [-0.05, 0) is 30.7 Å². The lowest BCUT2D eigenvalue weighted by Crippen LogP contribution is -2.25. The fraction of sp³-hybridized carbons (Fsp3) is 0.333. The lowest BCUT2D eigenvalue weighted by molar-refractivity contribution is -0.122. The van der Waals surface area contributed by atoms with Crippen LogP contribution in [0.3, 0.4) is 0 Å². The van der Waals surface area contributed by atoms with Crippen LogP contribution in [-0.2, 0) is 4.79 Å². The van der Waals surface area contributed by atoms with Crippen LogP contribution in [0.2, 0.25) is 5.02 Å². The van der Waals surface area contributed by atoms with Crippen LogP contribution in [0.15, 0.2) is 24.3 Å². The molecular weight excluding hydrogens is 231 g/mol. The predicted octanol–water partition coefficient (Wildman–Crippen LogP) is 3.23. The molecule has 0 aliphatic carbocycles. The fourth-order valence-electron chi connectivity index (χ4n) is 1.28. The molecule has 0 aliphatic heterocycles. The zero-order valence-corrected chi connectivity index (χ0v) is 9.63. The second kappa shape index (κ2) is 5.75. The lowest BCUT2D eigenvalue weighted by Gasteiger charge is -2.05. The molecule has 0 fully saturated rings. The molecule has 0 aliphatic rings. The normalized spacial score (nSPS) is 12.2. The third kappa shape index (κ3) is 3.14. The first-order chi connectivity index (χ1) is 7.56. The van der Waals surface area contributed by atoms with Gasteiger partial charge in [0.05, 0.1) is 0 Å². The highest BCUT2D eigenvalue weighted by atomic mass is 35.5. The van der Waals surface area contributed by atoms with Gasteiger partial charge in [0.1, 0.15) is 0 Å². The Morgan fingerprint density at radius 1 is 1.31 bits per heavy atom. The van der Waals surface area contributed by atoms with Crippen LogP contribution < -0.4 is 0 Å². The van der Waals surface area contributed by atoms with Gasteiger partial charge in [-0.3, -0.25) is 9.59 Å². The molecule has 0 heterocycles. The third-order valence-electron chi connectivity index (χ3n) is 2.14. The number of hydrogen-bond donors (Lipinski definition) is 0. The van der Waals surface area contributed by atoms with E-state index in [9.17, 15) is 14.0 Å². The van der Waals surface area contributed by atoms with Crippen molar-refractivity contribution in [1.82, 2.24) is 0 Å². The maximum Gasteiger partial charge on any atom is 0.220 e. The highest BCUT2D eigenvalue weighted by molar-refractivity contribution is 6.30. The minimum atomic E-state index is -2.05. The predicted molar refractivity (Wildman–Crippen MR) is 60.6 cm³/mol. The average molecular weight is 243 g/mol. The van der Waals surface area contributed by atoms with Crippen molar-refractivity contribution in [1.29, 1.82) is 0 Å². The highest BCUT2D eigenvalue weighted by Gasteiger charge is 2.25. The largest absolute Gasteiger partial charge is 0.296 e. The molecule has 86 valence electrons. The summed E-state index contributed by atoms with van der Waals surface area (Å²) in [6.07, 6.45) is -1.44. The Labute approximate surface area is 98.4 Å². The maximum absolute atomic E-state index is 13.4. The number of ketones is 2. The van der Waals surface area contributed by atoms with Crippen molar-refractivity contribution in [3.8, 4) is 0 Å². The van der Waals surface area contributed by atoms with Crippen molar-refractivity contribution >= 4 is 23.2 Å². The van der Waals surface area contributed by atoms with E-state index in [0.717, 1.165) is 0 Å². The summed E-state index contributed by atoms with van der Waals surface area (Å²) in [7, 11) is 0. The van der Waals surface area contributed by atoms with Gasteiger partial charge in [0.15, 0.2) is 5.78 Å². The van der Waals surface area contributed by atoms with Crippen LogP contribution in [0, 0.1) is 0 Å². The second-order valence-corrected chi connectivity index (χ2v) is 3.89. The summed E-state index contributed by atoms with van der Waals surface area (Å²) in [4.78, 5) is 22.7. The molecular formula is C12H12ClFO2. The first-order valence-corrected chi connectivity index (χ1v) is 5.40. The summed E-state index contributed by atoms with van der Waals surface area (Å²) < 4.78 is 13.4. The van der Waals surface area contributed by atoms with E-state index in [-0.39, 0.29) is 12.0 Å². The van der Waals surface area contributed by atoms with Crippen molar-refractivity contribution in [2.24, 2.45) is 0 Å². The summed E-state index contributed by atoms with van der Waals surface area (Å²) in [5.74, 6) is -1.46. The lowest BCUT2D eigenvalue weighted by atomic mass is 10.0. The molecule has 0 saturated carbocycles. The molecule has 16 heavy (non-hydrogen) atoms. The number of hydrogen-bond acceptors (Lipinski definition) is 2. The van der Waals surface area contributed by atoms with Crippen molar-refractivity contribution < 1.29 is 14.0 Å². The third-order valence-corrected chi connectivity index (χ3v) is 2.39. The highest BCUT2D eigenvalue weighted by Crippen LogP contribution is 2.13. The number of rotatable bonds is 5.